The number of carbonyl (C=O) groups excluding carboxylic acids is 1. The summed E-state index contributed by atoms with van der Waals surface area (Å²) >= 11 is 0. The van der Waals surface area contributed by atoms with Crippen molar-refractivity contribution in [2.24, 2.45) is 0 Å². The fourth-order valence-electron chi connectivity index (χ4n) is 3.48. The van der Waals surface area contributed by atoms with Gasteiger partial charge in [-0.2, -0.15) is 13.9 Å². The van der Waals surface area contributed by atoms with Gasteiger partial charge in [0.15, 0.2) is 0 Å². The minimum Gasteiger partial charge on any atom is -0.383 e. The molecule has 7 heteroatoms. The number of hydrogen-bond donors (Lipinski definition) is 3. The summed E-state index contributed by atoms with van der Waals surface area (Å²) in [5, 5.41) is 19.4. The van der Waals surface area contributed by atoms with E-state index in [1.807, 2.05) is 0 Å². The average molecular weight is 313 g/mol. The number of nitrogens with one attached hydrogen (secondary N) is 2. The summed E-state index contributed by atoms with van der Waals surface area (Å²) < 4.78 is 28.8. The molecule has 2 aliphatic rings. The van der Waals surface area contributed by atoms with Crippen molar-refractivity contribution in [3.05, 3.63) is 17.5 Å². The molecule has 3 N–H and O–H groups in total. The molecule has 1 aromatic heterocycles. The monoisotopic (exact) mass is 313 g/mol. The minimum atomic E-state index is -3.75. The summed E-state index contributed by atoms with van der Waals surface area (Å²) in [5.41, 5.74) is -0.246. The predicted octanol–water partition coefficient (Wildman–Crippen LogP) is 1.71. The first-order chi connectivity index (χ1) is 10.4. The van der Waals surface area contributed by atoms with Gasteiger partial charge in [0.2, 0.25) is 0 Å². The zero-order chi connectivity index (χ0) is 15.8. The van der Waals surface area contributed by atoms with Gasteiger partial charge < -0.3 is 10.4 Å². The zero-order valence-electron chi connectivity index (χ0n) is 12.4. The fourth-order valence-corrected chi connectivity index (χ4v) is 3.48. The molecule has 3 rings (SSSR count). The number of halogens is 2. The quantitative estimate of drug-likeness (QED) is 0.795. The summed E-state index contributed by atoms with van der Waals surface area (Å²) in [6.07, 6.45) is 5.26. The van der Waals surface area contributed by atoms with Crippen molar-refractivity contribution in [2.75, 3.05) is 0 Å². The smallest absolute Gasteiger partial charge is 0.352 e. The lowest BCUT2D eigenvalue weighted by Gasteiger charge is -2.38. The predicted molar refractivity (Wildman–Crippen MR) is 75.5 cm³/mol. The van der Waals surface area contributed by atoms with Gasteiger partial charge in [-0.15, -0.1) is 0 Å². The molecule has 0 bridgehead atoms. The molecule has 122 valence electrons. The van der Waals surface area contributed by atoms with Crippen molar-refractivity contribution >= 4 is 5.91 Å². The number of carbonyl (C=O) groups is 1. The van der Waals surface area contributed by atoms with Gasteiger partial charge in [-0.3, -0.25) is 9.89 Å². The number of hydrogen-bond acceptors (Lipinski definition) is 3. The number of aliphatic hydroxyl groups is 1. The first-order valence-electron chi connectivity index (χ1n) is 7.85. The third-order valence-corrected chi connectivity index (χ3v) is 4.90. The number of aromatic nitrogens is 2. The lowest BCUT2D eigenvalue weighted by molar-refractivity contribution is -0.201. The van der Waals surface area contributed by atoms with E-state index >= 15 is 0 Å². The molecule has 1 aromatic rings. The second-order valence-electron chi connectivity index (χ2n) is 6.45. The van der Waals surface area contributed by atoms with E-state index in [-0.39, 0.29) is 18.9 Å². The van der Waals surface area contributed by atoms with E-state index in [4.69, 9.17) is 0 Å². The van der Waals surface area contributed by atoms with Crippen LogP contribution in [0.5, 0.6) is 0 Å². The molecule has 0 unspecified atom stereocenters. The summed E-state index contributed by atoms with van der Waals surface area (Å²) in [6, 6.07) is -0.337. The molecule has 2 aliphatic carbocycles. The van der Waals surface area contributed by atoms with Gasteiger partial charge in [0.05, 0.1) is 6.20 Å². The number of amides is 1. The molecule has 0 radical (unpaired) electrons. The van der Waals surface area contributed by atoms with E-state index in [1.54, 1.807) is 6.20 Å². The maximum atomic E-state index is 14.4. The molecule has 1 saturated carbocycles. The Morgan fingerprint density at radius 1 is 1.41 bits per heavy atom. The summed E-state index contributed by atoms with van der Waals surface area (Å²) in [6.45, 7) is 0. The number of rotatable bonds is 3. The van der Waals surface area contributed by atoms with Crippen LogP contribution in [0.3, 0.4) is 0 Å². The maximum Gasteiger partial charge on any atom is 0.352 e. The van der Waals surface area contributed by atoms with E-state index in [0.29, 0.717) is 32.1 Å². The Morgan fingerprint density at radius 3 is 2.86 bits per heavy atom. The summed E-state index contributed by atoms with van der Waals surface area (Å²) in [4.78, 5) is 12.0. The molecule has 22 heavy (non-hydrogen) atoms. The van der Waals surface area contributed by atoms with Crippen LogP contribution in [-0.4, -0.2) is 38.8 Å². The molecular formula is C15H21F2N3O2. The first kappa shape index (κ1) is 15.4. The normalized spacial score (nSPS) is 24.6. The lowest BCUT2D eigenvalue weighted by atomic mass is 9.79. The first-order valence-corrected chi connectivity index (χ1v) is 7.85. The summed E-state index contributed by atoms with van der Waals surface area (Å²) in [7, 11) is 0. The van der Waals surface area contributed by atoms with Gasteiger partial charge in [0.1, 0.15) is 5.60 Å². The maximum absolute atomic E-state index is 14.4. The average Bonchev–Trinajstić information content (AvgIpc) is 2.95. The highest BCUT2D eigenvalue weighted by atomic mass is 19.3. The van der Waals surface area contributed by atoms with E-state index in [2.05, 4.69) is 15.5 Å². The highest BCUT2D eigenvalue weighted by Gasteiger charge is 2.58. The number of alkyl halides is 2. The standard InChI is InChI=1S/C15H21F2N3O2/c16-15(17,14(22)6-2-1-3-7-14)13(21)19-11-4-5-12-10(8-11)9-18-20-12/h9,11,22H,1-8H2,(H,18,20)(H,19,21)/t11-/m1/s1. The van der Waals surface area contributed by atoms with E-state index in [9.17, 15) is 18.7 Å². The number of aromatic amines is 1. The van der Waals surface area contributed by atoms with Gasteiger partial charge in [-0.1, -0.05) is 19.3 Å². The second-order valence-corrected chi connectivity index (χ2v) is 6.45. The van der Waals surface area contributed by atoms with E-state index in [1.165, 1.54) is 0 Å². The van der Waals surface area contributed by atoms with Crippen LogP contribution in [0.15, 0.2) is 6.20 Å². The Bertz CT molecular complexity index is 553. The largest absolute Gasteiger partial charge is 0.383 e. The van der Waals surface area contributed by atoms with Gasteiger partial charge in [0.25, 0.3) is 5.91 Å². The van der Waals surface area contributed by atoms with Crippen LogP contribution in [0.2, 0.25) is 0 Å². The fraction of sp³-hybridized carbons (Fsp3) is 0.733. The SMILES string of the molecule is O=C(N[C@@H]1CCc2[nH]ncc2C1)C(F)(F)C1(O)CCCCC1. The van der Waals surface area contributed by atoms with Crippen LogP contribution in [0.25, 0.3) is 0 Å². The molecule has 1 atom stereocenters. The Hall–Kier alpha value is -1.50. The molecular weight excluding hydrogens is 292 g/mol. The van der Waals surface area contributed by atoms with Crippen molar-refractivity contribution in [3.8, 4) is 0 Å². The molecule has 0 spiro atoms. The van der Waals surface area contributed by atoms with Crippen molar-refractivity contribution < 1.29 is 18.7 Å². The number of aryl methyl sites for hydroxylation is 1. The van der Waals surface area contributed by atoms with Crippen LogP contribution >= 0.6 is 0 Å². The molecule has 1 amide bonds. The number of fused-ring (bicyclic) bond motifs is 1. The van der Waals surface area contributed by atoms with E-state index < -0.39 is 17.4 Å². The van der Waals surface area contributed by atoms with E-state index in [0.717, 1.165) is 17.7 Å². The second kappa shape index (κ2) is 5.61. The van der Waals surface area contributed by atoms with Crippen LogP contribution in [0.1, 0.15) is 49.8 Å². The van der Waals surface area contributed by atoms with Crippen molar-refractivity contribution in [1.29, 1.82) is 0 Å². The Morgan fingerprint density at radius 2 is 2.14 bits per heavy atom. The van der Waals surface area contributed by atoms with Crippen LogP contribution in [0, 0.1) is 0 Å². The molecule has 1 heterocycles. The van der Waals surface area contributed by atoms with Crippen LogP contribution in [0.4, 0.5) is 8.78 Å². The van der Waals surface area contributed by atoms with Gasteiger partial charge >= 0.3 is 5.92 Å². The molecule has 0 aliphatic heterocycles. The Kier molecular flexibility index (Phi) is 3.92. The Labute approximate surface area is 127 Å². The highest BCUT2D eigenvalue weighted by Crippen LogP contribution is 2.40. The topological polar surface area (TPSA) is 78.0 Å². The van der Waals surface area contributed by atoms with Crippen molar-refractivity contribution in [3.63, 3.8) is 0 Å². The van der Waals surface area contributed by atoms with Gasteiger partial charge in [-0.05, 0) is 37.7 Å². The van der Waals surface area contributed by atoms with Crippen LogP contribution in [-0.2, 0) is 17.6 Å². The molecule has 1 fully saturated rings. The molecule has 0 aromatic carbocycles. The molecule has 5 nitrogen and oxygen atoms in total. The lowest BCUT2D eigenvalue weighted by Crippen LogP contribution is -2.59. The zero-order valence-corrected chi connectivity index (χ0v) is 12.4. The minimum absolute atomic E-state index is 0.0238. The Balaban J connectivity index is 1.66. The highest BCUT2D eigenvalue weighted by molar-refractivity contribution is 5.85. The molecule has 0 saturated heterocycles. The third-order valence-electron chi connectivity index (χ3n) is 4.90. The van der Waals surface area contributed by atoms with Crippen LogP contribution < -0.4 is 5.32 Å². The van der Waals surface area contributed by atoms with Crippen molar-refractivity contribution in [1.82, 2.24) is 15.5 Å². The van der Waals surface area contributed by atoms with Gasteiger partial charge in [0, 0.05) is 11.7 Å². The van der Waals surface area contributed by atoms with Crippen molar-refractivity contribution in [2.45, 2.75) is 68.9 Å². The van der Waals surface area contributed by atoms with Gasteiger partial charge in [-0.25, -0.2) is 0 Å². The third kappa shape index (κ3) is 2.62. The number of nitrogens with zero attached hydrogens (tertiary/aromatic N) is 1. The number of H-pyrrole nitrogens is 1. The summed E-state index contributed by atoms with van der Waals surface area (Å²) in [5.74, 6) is -5.10.